The summed E-state index contributed by atoms with van der Waals surface area (Å²) in [6, 6.07) is 4.09. The third-order valence-corrected chi connectivity index (χ3v) is 3.42. The van der Waals surface area contributed by atoms with Gasteiger partial charge in [0.25, 0.3) is 0 Å². The monoisotopic (exact) mass is 263 g/mol. The molecule has 2 heterocycles. The van der Waals surface area contributed by atoms with Crippen LogP contribution in [0.15, 0.2) is 29.7 Å². The molecular weight excluding hydrogens is 242 g/mol. The Hall–Kier alpha value is -1.66. The quantitative estimate of drug-likeness (QED) is 0.338. The number of hydrogen-bond donors (Lipinski definition) is 2. The largest absolute Gasteiger partial charge is 0.409 e. The Morgan fingerprint density at radius 2 is 2.05 bits per heavy atom. The van der Waals surface area contributed by atoms with Crippen LogP contribution in [0.2, 0.25) is 0 Å². The van der Waals surface area contributed by atoms with Crippen molar-refractivity contribution in [1.29, 1.82) is 0 Å². The predicted octanol–water partition coefficient (Wildman–Crippen LogP) is -0.0119. The third kappa shape index (κ3) is 4.50. The molecule has 1 aliphatic heterocycles. The predicted molar refractivity (Wildman–Crippen MR) is 74.2 cm³/mol. The van der Waals surface area contributed by atoms with Crippen LogP contribution in [0.25, 0.3) is 0 Å². The number of oxime groups is 1. The molecule has 1 aromatic rings. The molecule has 0 bridgehead atoms. The molecule has 0 aromatic carbocycles. The van der Waals surface area contributed by atoms with Gasteiger partial charge in [-0.2, -0.15) is 0 Å². The zero-order valence-electron chi connectivity index (χ0n) is 11.1. The first-order chi connectivity index (χ1) is 9.28. The number of amidine groups is 1. The van der Waals surface area contributed by atoms with E-state index in [0.717, 1.165) is 39.1 Å². The van der Waals surface area contributed by atoms with Crippen LogP contribution in [0, 0.1) is 0 Å². The third-order valence-electron chi connectivity index (χ3n) is 3.42. The van der Waals surface area contributed by atoms with Gasteiger partial charge >= 0.3 is 0 Å². The van der Waals surface area contributed by atoms with E-state index < -0.39 is 0 Å². The van der Waals surface area contributed by atoms with E-state index >= 15 is 0 Å². The second-order valence-corrected chi connectivity index (χ2v) is 4.82. The van der Waals surface area contributed by atoms with Gasteiger partial charge in [0.05, 0.1) is 6.54 Å². The summed E-state index contributed by atoms with van der Waals surface area (Å²) >= 11 is 0. The number of aromatic nitrogens is 1. The number of pyridine rings is 1. The fraction of sp³-hybridized carbons (Fsp3) is 0.538. The van der Waals surface area contributed by atoms with Crippen molar-refractivity contribution in [2.75, 3.05) is 39.3 Å². The lowest BCUT2D eigenvalue weighted by Crippen LogP contribution is -2.49. The zero-order chi connectivity index (χ0) is 13.5. The van der Waals surface area contributed by atoms with Crippen molar-refractivity contribution >= 4 is 5.84 Å². The topological polar surface area (TPSA) is 78.0 Å². The first kappa shape index (κ1) is 13.8. The summed E-state index contributed by atoms with van der Waals surface area (Å²) in [7, 11) is 0. The van der Waals surface area contributed by atoms with E-state index in [-0.39, 0.29) is 5.84 Å². The molecule has 2 rings (SSSR count). The fourth-order valence-electron chi connectivity index (χ4n) is 2.26. The Balaban J connectivity index is 1.69. The molecule has 0 radical (unpaired) electrons. The van der Waals surface area contributed by atoms with Crippen molar-refractivity contribution in [2.45, 2.75) is 6.42 Å². The van der Waals surface area contributed by atoms with Crippen LogP contribution >= 0.6 is 0 Å². The van der Waals surface area contributed by atoms with Gasteiger partial charge in [-0.05, 0) is 18.1 Å². The SMILES string of the molecule is NC(CN1CCN(CCc2cccnc2)CC1)=NO. The highest BCUT2D eigenvalue weighted by molar-refractivity contribution is 5.81. The molecule has 3 N–H and O–H groups in total. The first-order valence-electron chi connectivity index (χ1n) is 6.58. The number of piperazine rings is 1. The number of nitrogens with zero attached hydrogens (tertiary/aromatic N) is 4. The van der Waals surface area contributed by atoms with Crippen LogP contribution in [-0.2, 0) is 6.42 Å². The van der Waals surface area contributed by atoms with E-state index in [1.807, 2.05) is 12.3 Å². The average molecular weight is 263 g/mol. The molecule has 6 nitrogen and oxygen atoms in total. The molecule has 1 saturated heterocycles. The van der Waals surface area contributed by atoms with Gasteiger partial charge in [0, 0.05) is 45.1 Å². The molecule has 19 heavy (non-hydrogen) atoms. The number of rotatable bonds is 5. The van der Waals surface area contributed by atoms with Gasteiger partial charge in [-0.15, -0.1) is 0 Å². The zero-order valence-corrected chi connectivity index (χ0v) is 11.1. The van der Waals surface area contributed by atoms with Crippen LogP contribution in [0.4, 0.5) is 0 Å². The van der Waals surface area contributed by atoms with Crippen LogP contribution in [0.5, 0.6) is 0 Å². The van der Waals surface area contributed by atoms with E-state index in [1.165, 1.54) is 5.56 Å². The van der Waals surface area contributed by atoms with E-state index in [4.69, 9.17) is 10.9 Å². The Labute approximate surface area is 113 Å². The fourth-order valence-corrected chi connectivity index (χ4v) is 2.26. The van der Waals surface area contributed by atoms with Crippen molar-refractivity contribution in [3.05, 3.63) is 30.1 Å². The minimum absolute atomic E-state index is 0.281. The summed E-state index contributed by atoms with van der Waals surface area (Å²) in [6.07, 6.45) is 4.76. The first-order valence-corrected chi connectivity index (χ1v) is 6.58. The smallest absolute Gasteiger partial charge is 0.153 e. The second kappa shape index (κ2) is 7.06. The Bertz CT molecular complexity index is 401. The van der Waals surface area contributed by atoms with Gasteiger partial charge in [-0.3, -0.25) is 9.88 Å². The van der Waals surface area contributed by atoms with Gasteiger partial charge in [0.1, 0.15) is 0 Å². The minimum atomic E-state index is 0.281. The maximum Gasteiger partial charge on any atom is 0.153 e. The van der Waals surface area contributed by atoms with Gasteiger partial charge in [0.15, 0.2) is 5.84 Å². The molecule has 0 spiro atoms. The van der Waals surface area contributed by atoms with E-state index in [2.05, 4.69) is 26.0 Å². The van der Waals surface area contributed by atoms with Crippen LogP contribution in [-0.4, -0.2) is 65.1 Å². The van der Waals surface area contributed by atoms with Crippen molar-refractivity contribution in [3.8, 4) is 0 Å². The molecule has 1 fully saturated rings. The molecule has 6 heteroatoms. The molecular formula is C13H21N5O. The summed E-state index contributed by atoms with van der Waals surface area (Å²) in [5.41, 5.74) is 6.79. The number of nitrogens with two attached hydrogens (primary N) is 1. The Morgan fingerprint density at radius 1 is 1.32 bits per heavy atom. The highest BCUT2D eigenvalue weighted by atomic mass is 16.4. The van der Waals surface area contributed by atoms with Gasteiger partial charge < -0.3 is 15.8 Å². The molecule has 0 aliphatic carbocycles. The highest BCUT2D eigenvalue weighted by Gasteiger charge is 2.17. The molecule has 104 valence electrons. The molecule has 1 aliphatic rings. The van der Waals surface area contributed by atoms with Gasteiger partial charge in [-0.25, -0.2) is 0 Å². The summed E-state index contributed by atoms with van der Waals surface area (Å²) in [5.74, 6) is 0.281. The minimum Gasteiger partial charge on any atom is -0.409 e. The lowest BCUT2D eigenvalue weighted by molar-refractivity contribution is 0.146. The standard InChI is InChI=1S/C13H21N5O/c14-13(16-19)11-18-8-6-17(7-9-18)5-3-12-2-1-4-15-10-12/h1-2,4,10,19H,3,5-9,11H2,(H2,14,16). The number of hydrogen-bond acceptors (Lipinski definition) is 5. The highest BCUT2D eigenvalue weighted by Crippen LogP contribution is 2.04. The van der Waals surface area contributed by atoms with Crippen molar-refractivity contribution in [1.82, 2.24) is 14.8 Å². The van der Waals surface area contributed by atoms with E-state index in [1.54, 1.807) is 6.20 Å². The van der Waals surface area contributed by atoms with Crippen molar-refractivity contribution < 1.29 is 5.21 Å². The maximum atomic E-state index is 8.55. The summed E-state index contributed by atoms with van der Waals surface area (Å²) < 4.78 is 0. The van der Waals surface area contributed by atoms with Gasteiger partial charge in [0.2, 0.25) is 0 Å². The van der Waals surface area contributed by atoms with Gasteiger partial charge in [-0.1, -0.05) is 11.2 Å². The van der Waals surface area contributed by atoms with Crippen molar-refractivity contribution in [2.24, 2.45) is 10.9 Å². The summed E-state index contributed by atoms with van der Waals surface area (Å²) in [4.78, 5) is 8.77. The van der Waals surface area contributed by atoms with E-state index in [9.17, 15) is 0 Å². The van der Waals surface area contributed by atoms with Crippen LogP contribution in [0.1, 0.15) is 5.56 Å². The average Bonchev–Trinajstić information content (AvgIpc) is 2.47. The van der Waals surface area contributed by atoms with E-state index in [0.29, 0.717) is 6.54 Å². The van der Waals surface area contributed by atoms with Crippen molar-refractivity contribution in [3.63, 3.8) is 0 Å². The Kier molecular flexibility index (Phi) is 5.11. The molecule has 1 aromatic heterocycles. The molecule has 0 saturated carbocycles. The lowest BCUT2D eigenvalue weighted by Gasteiger charge is -2.34. The van der Waals surface area contributed by atoms with Crippen LogP contribution in [0.3, 0.4) is 0 Å². The summed E-state index contributed by atoms with van der Waals surface area (Å²) in [6.45, 7) is 5.58. The van der Waals surface area contributed by atoms with Crippen LogP contribution < -0.4 is 5.73 Å². The maximum absolute atomic E-state index is 8.55. The second-order valence-electron chi connectivity index (χ2n) is 4.82. The summed E-state index contributed by atoms with van der Waals surface area (Å²) in [5, 5.41) is 11.6. The molecule has 0 amide bonds. The normalized spacial score (nSPS) is 18.6. The lowest BCUT2D eigenvalue weighted by atomic mass is 10.2. The molecule has 0 atom stereocenters. The molecule has 0 unspecified atom stereocenters. The Morgan fingerprint density at radius 3 is 2.68 bits per heavy atom.